The molecule has 0 aromatic carbocycles. The van der Waals surface area contributed by atoms with Crippen LogP contribution >= 0.6 is 0 Å². The van der Waals surface area contributed by atoms with E-state index in [-0.39, 0.29) is 18.4 Å². The maximum atomic E-state index is 11.3. The van der Waals surface area contributed by atoms with Crippen LogP contribution in [-0.2, 0) is 19.1 Å². The van der Waals surface area contributed by atoms with Crippen LogP contribution in [0.1, 0.15) is 19.3 Å². The number of aliphatic hydroxyl groups excluding tert-OH is 1. The quantitative estimate of drug-likeness (QED) is 0.286. The predicted molar refractivity (Wildman–Crippen MR) is 77.6 cm³/mol. The van der Waals surface area contributed by atoms with Gasteiger partial charge in [-0.05, 0) is 6.42 Å². The Bertz CT molecular complexity index is 277. The van der Waals surface area contributed by atoms with Gasteiger partial charge >= 0.3 is 0 Å². The molecule has 5 N–H and O–H groups in total. The summed E-state index contributed by atoms with van der Waals surface area (Å²) >= 11 is 0. The minimum Gasteiger partial charge on any atom is -0.396 e. The molecule has 0 saturated heterocycles. The molecule has 0 aromatic heterocycles. The van der Waals surface area contributed by atoms with Crippen molar-refractivity contribution < 1.29 is 24.2 Å². The van der Waals surface area contributed by atoms with Gasteiger partial charge in [-0.15, -0.1) is 0 Å². The molecule has 8 nitrogen and oxygen atoms in total. The molecule has 0 aliphatic carbocycles. The fourth-order valence-corrected chi connectivity index (χ4v) is 1.39. The molecule has 0 aliphatic rings. The lowest BCUT2D eigenvalue weighted by molar-refractivity contribution is -0.122. The number of carbonyl (C=O) groups excluding carboxylic acids is 2. The number of nitrogens with two attached hydrogens (primary N) is 1. The lowest BCUT2D eigenvalue weighted by Gasteiger charge is -2.08. The number of rotatable bonds is 14. The molecule has 21 heavy (non-hydrogen) atoms. The first-order chi connectivity index (χ1) is 10.2. The van der Waals surface area contributed by atoms with Crippen LogP contribution in [0.25, 0.3) is 0 Å². The van der Waals surface area contributed by atoms with Crippen molar-refractivity contribution in [2.75, 3.05) is 52.7 Å². The Kier molecular flexibility index (Phi) is 14.3. The number of hydrogen-bond donors (Lipinski definition) is 4. The van der Waals surface area contributed by atoms with Gasteiger partial charge in [-0.1, -0.05) is 0 Å². The molecule has 0 saturated carbocycles. The van der Waals surface area contributed by atoms with Crippen LogP contribution in [0, 0.1) is 0 Å². The van der Waals surface area contributed by atoms with Gasteiger partial charge in [-0.3, -0.25) is 9.59 Å². The van der Waals surface area contributed by atoms with Gasteiger partial charge in [-0.2, -0.15) is 0 Å². The van der Waals surface area contributed by atoms with Crippen LogP contribution in [0.2, 0.25) is 0 Å². The van der Waals surface area contributed by atoms with Crippen LogP contribution in [0.3, 0.4) is 0 Å². The number of amides is 2. The van der Waals surface area contributed by atoms with Gasteiger partial charge in [-0.25, -0.2) is 0 Å². The zero-order chi connectivity index (χ0) is 15.8. The summed E-state index contributed by atoms with van der Waals surface area (Å²) in [6, 6.07) is 0. The zero-order valence-electron chi connectivity index (χ0n) is 12.4. The molecule has 0 rings (SSSR count). The monoisotopic (exact) mass is 305 g/mol. The number of aliphatic hydroxyl groups is 1. The Labute approximate surface area is 125 Å². The van der Waals surface area contributed by atoms with Crippen molar-refractivity contribution in [1.82, 2.24) is 10.6 Å². The SMILES string of the molecule is NCCOCCC(=O)NCCOCCNC(=O)CCCO. The van der Waals surface area contributed by atoms with E-state index in [2.05, 4.69) is 10.6 Å². The third kappa shape index (κ3) is 15.0. The molecule has 0 radical (unpaired) electrons. The van der Waals surface area contributed by atoms with Crippen LogP contribution in [-0.4, -0.2) is 69.6 Å². The first-order valence-corrected chi connectivity index (χ1v) is 7.20. The molecule has 0 bridgehead atoms. The van der Waals surface area contributed by atoms with E-state index in [1.54, 1.807) is 0 Å². The van der Waals surface area contributed by atoms with Crippen LogP contribution < -0.4 is 16.4 Å². The second-order valence-corrected chi connectivity index (χ2v) is 4.29. The van der Waals surface area contributed by atoms with Gasteiger partial charge in [0.1, 0.15) is 0 Å². The summed E-state index contributed by atoms with van der Waals surface area (Å²) in [5.41, 5.74) is 5.25. The third-order valence-corrected chi connectivity index (χ3v) is 2.43. The van der Waals surface area contributed by atoms with Crippen molar-refractivity contribution in [1.29, 1.82) is 0 Å². The van der Waals surface area contributed by atoms with Crippen molar-refractivity contribution in [3.8, 4) is 0 Å². The maximum absolute atomic E-state index is 11.3. The van der Waals surface area contributed by atoms with Crippen LogP contribution in [0.15, 0.2) is 0 Å². The minimum atomic E-state index is -0.0987. The summed E-state index contributed by atoms with van der Waals surface area (Å²) in [5.74, 6) is -0.189. The average molecular weight is 305 g/mol. The highest BCUT2D eigenvalue weighted by molar-refractivity contribution is 5.76. The number of carbonyl (C=O) groups is 2. The van der Waals surface area contributed by atoms with E-state index in [0.29, 0.717) is 65.3 Å². The molecular formula is C13H27N3O5. The van der Waals surface area contributed by atoms with Crippen molar-refractivity contribution in [2.45, 2.75) is 19.3 Å². The molecular weight excluding hydrogens is 278 g/mol. The highest BCUT2D eigenvalue weighted by atomic mass is 16.5. The normalized spacial score (nSPS) is 10.4. The van der Waals surface area contributed by atoms with Crippen molar-refractivity contribution in [3.05, 3.63) is 0 Å². The first-order valence-electron chi connectivity index (χ1n) is 7.20. The summed E-state index contributed by atoms with van der Waals surface area (Å²) in [6.45, 7) is 2.92. The summed E-state index contributed by atoms with van der Waals surface area (Å²) in [6.07, 6.45) is 1.09. The Morgan fingerprint density at radius 3 is 2.05 bits per heavy atom. The van der Waals surface area contributed by atoms with E-state index in [9.17, 15) is 9.59 Å². The summed E-state index contributed by atoms with van der Waals surface area (Å²) in [4.78, 5) is 22.5. The second-order valence-electron chi connectivity index (χ2n) is 4.29. The van der Waals surface area contributed by atoms with Gasteiger partial charge in [0.15, 0.2) is 0 Å². The topological polar surface area (TPSA) is 123 Å². The van der Waals surface area contributed by atoms with Crippen LogP contribution in [0.5, 0.6) is 0 Å². The average Bonchev–Trinajstić information content (AvgIpc) is 2.48. The Balaban J connectivity index is 3.24. The molecule has 0 unspecified atom stereocenters. The van der Waals surface area contributed by atoms with E-state index in [0.717, 1.165) is 0 Å². The molecule has 124 valence electrons. The van der Waals surface area contributed by atoms with E-state index in [1.807, 2.05) is 0 Å². The third-order valence-electron chi connectivity index (χ3n) is 2.43. The van der Waals surface area contributed by atoms with Gasteiger partial charge in [0.25, 0.3) is 0 Å². The summed E-state index contributed by atoms with van der Waals surface area (Å²) in [5, 5.41) is 13.9. The second kappa shape index (κ2) is 15.2. The predicted octanol–water partition coefficient (Wildman–Crippen LogP) is -1.63. The maximum Gasteiger partial charge on any atom is 0.222 e. The Morgan fingerprint density at radius 1 is 0.905 bits per heavy atom. The number of ether oxygens (including phenoxy) is 2. The Morgan fingerprint density at radius 2 is 1.48 bits per heavy atom. The molecule has 0 fully saturated rings. The molecule has 0 atom stereocenters. The van der Waals surface area contributed by atoms with E-state index < -0.39 is 0 Å². The van der Waals surface area contributed by atoms with E-state index in [4.69, 9.17) is 20.3 Å². The summed E-state index contributed by atoms with van der Waals surface area (Å²) in [7, 11) is 0. The van der Waals surface area contributed by atoms with Gasteiger partial charge in [0.2, 0.25) is 11.8 Å². The number of nitrogens with one attached hydrogen (secondary N) is 2. The fraction of sp³-hybridized carbons (Fsp3) is 0.846. The highest BCUT2D eigenvalue weighted by Crippen LogP contribution is 1.86. The van der Waals surface area contributed by atoms with Crippen molar-refractivity contribution in [2.24, 2.45) is 5.73 Å². The number of hydrogen-bond acceptors (Lipinski definition) is 6. The standard InChI is InChI=1S/C13H27N3O5/c14-4-9-20-8-3-13(19)16-6-11-21-10-5-15-12(18)2-1-7-17/h17H,1-11,14H2,(H,15,18)(H,16,19). The lowest BCUT2D eigenvalue weighted by atomic mass is 10.3. The molecule has 0 aliphatic heterocycles. The molecule has 0 spiro atoms. The van der Waals surface area contributed by atoms with E-state index in [1.165, 1.54) is 0 Å². The lowest BCUT2D eigenvalue weighted by Crippen LogP contribution is -2.30. The van der Waals surface area contributed by atoms with Crippen molar-refractivity contribution >= 4 is 11.8 Å². The molecule has 0 aromatic rings. The molecule has 8 heteroatoms. The van der Waals surface area contributed by atoms with E-state index >= 15 is 0 Å². The fourth-order valence-electron chi connectivity index (χ4n) is 1.39. The molecule has 0 heterocycles. The minimum absolute atomic E-state index is 0.0148. The van der Waals surface area contributed by atoms with Gasteiger partial charge < -0.3 is 30.9 Å². The van der Waals surface area contributed by atoms with Crippen molar-refractivity contribution in [3.63, 3.8) is 0 Å². The van der Waals surface area contributed by atoms with Gasteiger partial charge in [0.05, 0.1) is 26.4 Å². The Hall–Kier alpha value is -1.22. The molecule has 2 amide bonds. The van der Waals surface area contributed by atoms with Crippen LogP contribution in [0.4, 0.5) is 0 Å². The summed E-state index contributed by atoms with van der Waals surface area (Å²) < 4.78 is 10.3. The smallest absolute Gasteiger partial charge is 0.222 e. The largest absolute Gasteiger partial charge is 0.396 e. The first kappa shape index (κ1) is 19.8. The van der Waals surface area contributed by atoms with Gasteiger partial charge in [0, 0.05) is 39.1 Å². The zero-order valence-corrected chi connectivity index (χ0v) is 12.4. The highest BCUT2D eigenvalue weighted by Gasteiger charge is 2.01.